The van der Waals surface area contributed by atoms with Gasteiger partial charge in [0.05, 0.1) is 12.1 Å². The van der Waals surface area contributed by atoms with Gasteiger partial charge in [-0.2, -0.15) is 0 Å². The van der Waals surface area contributed by atoms with E-state index in [4.69, 9.17) is 5.73 Å². The fourth-order valence-corrected chi connectivity index (χ4v) is 3.45. The molecule has 5 nitrogen and oxygen atoms in total. The van der Waals surface area contributed by atoms with Crippen LogP contribution in [0.15, 0.2) is 60.7 Å². The van der Waals surface area contributed by atoms with Crippen molar-refractivity contribution < 1.29 is 9.59 Å². The van der Waals surface area contributed by atoms with E-state index in [1.165, 1.54) is 0 Å². The number of nitrogens with zero attached hydrogens (tertiary/aromatic N) is 1. The van der Waals surface area contributed by atoms with E-state index in [1.807, 2.05) is 60.7 Å². The zero-order valence-electron chi connectivity index (χ0n) is 15.0. The summed E-state index contributed by atoms with van der Waals surface area (Å²) in [6.07, 6.45) is 1.48. The molecule has 1 aliphatic rings. The molecule has 2 aromatic rings. The third-order valence-corrected chi connectivity index (χ3v) is 4.78. The van der Waals surface area contributed by atoms with Crippen LogP contribution in [0, 0.1) is 0 Å². The topological polar surface area (TPSA) is 75.4 Å². The molecule has 0 saturated carbocycles. The second-order valence-electron chi connectivity index (χ2n) is 6.74. The molecule has 3 rings (SSSR count). The minimum atomic E-state index is -0.595. The van der Waals surface area contributed by atoms with Crippen molar-refractivity contribution in [1.82, 2.24) is 10.2 Å². The molecule has 136 valence electrons. The molecule has 1 aliphatic heterocycles. The second-order valence-corrected chi connectivity index (χ2v) is 6.74. The molecular formula is C21H25N3O2. The van der Waals surface area contributed by atoms with Crippen LogP contribution in [0.3, 0.4) is 0 Å². The lowest BCUT2D eigenvalue weighted by Gasteiger charge is -2.28. The van der Waals surface area contributed by atoms with Crippen LogP contribution >= 0.6 is 0 Å². The Balaban J connectivity index is 1.83. The van der Waals surface area contributed by atoms with E-state index in [-0.39, 0.29) is 17.9 Å². The summed E-state index contributed by atoms with van der Waals surface area (Å²) in [6, 6.07) is 18.4. The molecule has 5 heteroatoms. The van der Waals surface area contributed by atoms with Crippen LogP contribution < -0.4 is 11.1 Å². The minimum Gasteiger partial charge on any atom is -0.343 e. The first-order valence-corrected chi connectivity index (χ1v) is 9.04. The van der Waals surface area contributed by atoms with Crippen LogP contribution in [-0.2, 0) is 9.59 Å². The van der Waals surface area contributed by atoms with E-state index in [0.717, 1.165) is 17.5 Å². The molecule has 26 heavy (non-hydrogen) atoms. The van der Waals surface area contributed by atoms with Gasteiger partial charge in [0.1, 0.15) is 6.04 Å². The maximum atomic E-state index is 13.0. The largest absolute Gasteiger partial charge is 0.343 e. The molecule has 2 amide bonds. The third-order valence-electron chi connectivity index (χ3n) is 4.78. The minimum absolute atomic E-state index is 0.130. The summed E-state index contributed by atoms with van der Waals surface area (Å²) < 4.78 is 0. The number of nitrogens with one attached hydrogen (secondary N) is 1. The quantitative estimate of drug-likeness (QED) is 0.867. The summed E-state index contributed by atoms with van der Waals surface area (Å²) in [6.45, 7) is 2.24. The number of benzene rings is 2. The van der Waals surface area contributed by atoms with E-state index in [1.54, 1.807) is 11.8 Å². The Morgan fingerprint density at radius 1 is 1.04 bits per heavy atom. The van der Waals surface area contributed by atoms with E-state index in [2.05, 4.69) is 5.32 Å². The Bertz CT molecular complexity index is 707. The van der Waals surface area contributed by atoms with Gasteiger partial charge in [-0.15, -0.1) is 0 Å². The van der Waals surface area contributed by atoms with Gasteiger partial charge in [-0.05, 0) is 30.9 Å². The Morgan fingerprint density at radius 3 is 2.08 bits per heavy atom. The molecule has 0 radical (unpaired) electrons. The molecule has 0 bridgehead atoms. The second kappa shape index (κ2) is 8.15. The lowest BCUT2D eigenvalue weighted by atomic mass is 9.98. The molecule has 1 fully saturated rings. The van der Waals surface area contributed by atoms with Crippen LogP contribution in [-0.4, -0.2) is 35.3 Å². The zero-order chi connectivity index (χ0) is 18.5. The average Bonchev–Trinajstić information content (AvgIpc) is 3.16. The van der Waals surface area contributed by atoms with Crippen LogP contribution in [0.25, 0.3) is 0 Å². The van der Waals surface area contributed by atoms with E-state index in [9.17, 15) is 9.59 Å². The maximum Gasteiger partial charge on any atom is 0.243 e. The van der Waals surface area contributed by atoms with Gasteiger partial charge in [0.25, 0.3) is 0 Å². The van der Waals surface area contributed by atoms with E-state index in [0.29, 0.717) is 13.0 Å². The number of hydrogen-bond donors (Lipinski definition) is 2. The summed E-state index contributed by atoms with van der Waals surface area (Å²) >= 11 is 0. The average molecular weight is 351 g/mol. The molecule has 1 saturated heterocycles. The fraction of sp³-hybridized carbons (Fsp3) is 0.333. The van der Waals surface area contributed by atoms with Gasteiger partial charge < -0.3 is 16.0 Å². The smallest absolute Gasteiger partial charge is 0.243 e. The van der Waals surface area contributed by atoms with Crippen LogP contribution in [0.2, 0.25) is 0 Å². The van der Waals surface area contributed by atoms with Gasteiger partial charge in [0.2, 0.25) is 11.8 Å². The summed E-state index contributed by atoms with van der Waals surface area (Å²) in [5, 5.41) is 3.14. The number of nitrogens with two attached hydrogens (primary N) is 1. The SMILES string of the molecule is C[C@H](N)C(=O)N1CCC[C@H]1C(=O)NC(c1ccccc1)c1ccccc1. The molecule has 2 atom stereocenters. The molecule has 0 aromatic heterocycles. The number of hydrogen-bond acceptors (Lipinski definition) is 3. The van der Waals surface area contributed by atoms with Crippen molar-refractivity contribution in [3.63, 3.8) is 0 Å². The molecular weight excluding hydrogens is 326 g/mol. The van der Waals surface area contributed by atoms with Gasteiger partial charge >= 0.3 is 0 Å². The molecule has 0 spiro atoms. The van der Waals surface area contributed by atoms with Crippen molar-refractivity contribution >= 4 is 11.8 Å². The first kappa shape index (κ1) is 18.1. The highest BCUT2D eigenvalue weighted by molar-refractivity contribution is 5.90. The van der Waals surface area contributed by atoms with Crippen molar-refractivity contribution in [1.29, 1.82) is 0 Å². The Labute approximate surface area is 154 Å². The van der Waals surface area contributed by atoms with Gasteiger partial charge in [0, 0.05) is 6.54 Å². The summed E-state index contributed by atoms with van der Waals surface area (Å²) in [4.78, 5) is 26.9. The normalized spacial score (nSPS) is 18.0. The first-order valence-electron chi connectivity index (χ1n) is 9.04. The maximum absolute atomic E-state index is 13.0. The number of likely N-dealkylation sites (tertiary alicyclic amines) is 1. The standard InChI is InChI=1S/C21H25N3O2/c1-15(22)21(26)24-14-8-13-18(24)20(25)23-19(16-9-4-2-5-10-16)17-11-6-3-7-12-17/h2-7,9-12,15,18-19H,8,13-14,22H2,1H3,(H,23,25)/t15-,18-/m0/s1. The van der Waals surface area contributed by atoms with Crippen LogP contribution in [0.4, 0.5) is 0 Å². The van der Waals surface area contributed by atoms with Gasteiger partial charge in [-0.1, -0.05) is 60.7 Å². The van der Waals surface area contributed by atoms with Crippen molar-refractivity contribution in [2.45, 2.75) is 37.9 Å². The number of amides is 2. The Kier molecular flexibility index (Phi) is 5.68. The molecule has 3 N–H and O–H groups in total. The number of rotatable bonds is 5. The number of carbonyl (C=O) groups is 2. The van der Waals surface area contributed by atoms with E-state index < -0.39 is 12.1 Å². The lowest BCUT2D eigenvalue weighted by Crippen LogP contribution is -2.51. The first-order chi connectivity index (χ1) is 12.6. The van der Waals surface area contributed by atoms with Crippen LogP contribution in [0.1, 0.15) is 36.9 Å². The van der Waals surface area contributed by atoms with E-state index >= 15 is 0 Å². The highest BCUT2D eigenvalue weighted by Gasteiger charge is 2.36. The Hall–Kier alpha value is -2.66. The third kappa shape index (κ3) is 3.94. The molecule has 2 aromatic carbocycles. The predicted octanol–water partition coefficient (Wildman–Crippen LogP) is 2.23. The molecule has 0 aliphatic carbocycles. The van der Waals surface area contributed by atoms with Crippen molar-refractivity contribution in [3.05, 3.63) is 71.8 Å². The lowest BCUT2D eigenvalue weighted by molar-refractivity contribution is -0.139. The fourth-order valence-electron chi connectivity index (χ4n) is 3.45. The van der Waals surface area contributed by atoms with Crippen molar-refractivity contribution in [3.8, 4) is 0 Å². The summed E-state index contributed by atoms with van der Waals surface area (Å²) in [7, 11) is 0. The van der Waals surface area contributed by atoms with Crippen molar-refractivity contribution in [2.24, 2.45) is 5.73 Å². The highest BCUT2D eigenvalue weighted by atomic mass is 16.2. The van der Waals surface area contributed by atoms with Crippen LogP contribution in [0.5, 0.6) is 0 Å². The number of carbonyl (C=O) groups excluding carboxylic acids is 2. The van der Waals surface area contributed by atoms with Gasteiger partial charge in [0.15, 0.2) is 0 Å². The molecule has 0 unspecified atom stereocenters. The predicted molar refractivity (Wildman–Crippen MR) is 101 cm³/mol. The Morgan fingerprint density at radius 2 is 1.58 bits per heavy atom. The highest BCUT2D eigenvalue weighted by Crippen LogP contribution is 2.24. The van der Waals surface area contributed by atoms with Gasteiger partial charge in [-0.3, -0.25) is 9.59 Å². The summed E-state index contributed by atoms with van der Waals surface area (Å²) in [5.41, 5.74) is 7.76. The van der Waals surface area contributed by atoms with Gasteiger partial charge in [-0.25, -0.2) is 0 Å². The molecule has 1 heterocycles. The zero-order valence-corrected chi connectivity index (χ0v) is 15.0. The monoisotopic (exact) mass is 351 g/mol. The summed E-state index contributed by atoms with van der Waals surface area (Å²) in [5.74, 6) is -0.298. The van der Waals surface area contributed by atoms with Crippen molar-refractivity contribution in [2.75, 3.05) is 6.54 Å².